The number of benzene rings is 1. The Bertz CT molecular complexity index is 442. The highest BCUT2D eigenvalue weighted by Gasteiger charge is 2.01. The number of hydrazine groups is 1. The Morgan fingerprint density at radius 2 is 2.08 bits per heavy atom. The predicted molar refractivity (Wildman–Crippen MR) is 54.6 cm³/mol. The largest absolute Gasteiger partial charge is 0.323 e. The molecule has 1 aromatic carbocycles. The summed E-state index contributed by atoms with van der Waals surface area (Å²) >= 11 is 5.80. The molecule has 0 aliphatic heterocycles. The molecule has 0 fully saturated rings. The van der Waals surface area contributed by atoms with E-state index in [0.717, 1.165) is 16.6 Å². The maximum Gasteiger partial charge on any atom is 0.131 e. The normalized spacial score (nSPS) is 10.3. The average molecular weight is 194 g/mol. The third kappa shape index (κ3) is 1.43. The third-order valence-electron chi connectivity index (χ3n) is 1.84. The summed E-state index contributed by atoms with van der Waals surface area (Å²) < 4.78 is 0. The van der Waals surface area contributed by atoms with Gasteiger partial charge in [0.1, 0.15) is 5.15 Å². The predicted octanol–water partition coefficient (Wildman–Crippen LogP) is 2.17. The number of aromatic nitrogens is 1. The van der Waals surface area contributed by atoms with Gasteiger partial charge in [0.25, 0.3) is 0 Å². The van der Waals surface area contributed by atoms with Crippen molar-refractivity contribution in [3.63, 3.8) is 0 Å². The topological polar surface area (TPSA) is 50.9 Å². The second-order valence-electron chi connectivity index (χ2n) is 2.65. The highest BCUT2D eigenvalue weighted by Crippen LogP contribution is 2.23. The molecule has 13 heavy (non-hydrogen) atoms. The van der Waals surface area contributed by atoms with Crippen LogP contribution in [0.15, 0.2) is 30.3 Å². The molecule has 1 aromatic heterocycles. The van der Waals surface area contributed by atoms with Crippen molar-refractivity contribution in [2.24, 2.45) is 5.84 Å². The number of hydrogen-bond donors (Lipinski definition) is 2. The van der Waals surface area contributed by atoms with Gasteiger partial charge in [-0.3, -0.25) is 5.84 Å². The minimum atomic E-state index is 0.437. The molecule has 3 N–H and O–H groups in total. The SMILES string of the molecule is NNc1cc(Cl)nc2ccccc12. The lowest BCUT2D eigenvalue weighted by Crippen LogP contribution is -2.07. The third-order valence-corrected chi connectivity index (χ3v) is 2.03. The Labute approximate surface area is 80.5 Å². The zero-order chi connectivity index (χ0) is 9.26. The molecule has 0 saturated heterocycles. The van der Waals surface area contributed by atoms with E-state index in [1.165, 1.54) is 0 Å². The summed E-state index contributed by atoms with van der Waals surface area (Å²) in [5.41, 5.74) is 4.21. The number of hydrogen-bond acceptors (Lipinski definition) is 3. The van der Waals surface area contributed by atoms with Gasteiger partial charge < -0.3 is 5.43 Å². The highest BCUT2D eigenvalue weighted by atomic mass is 35.5. The Morgan fingerprint density at radius 1 is 1.31 bits per heavy atom. The standard InChI is InChI=1S/C9H8ClN3/c10-9-5-8(13-11)6-3-1-2-4-7(6)12-9/h1-5H,11H2,(H,12,13). The molecule has 0 unspecified atom stereocenters. The smallest absolute Gasteiger partial charge is 0.131 e. The minimum Gasteiger partial charge on any atom is -0.323 e. The van der Waals surface area contributed by atoms with Crippen LogP contribution in [0.5, 0.6) is 0 Å². The van der Waals surface area contributed by atoms with Crippen molar-refractivity contribution in [2.45, 2.75) is 0 Å². The van der Waals surface area contributed by atoms with Gasteiger partial charge in [0, 0.05) is 11.5 Å². The first kappa shape index (κ1) is 8.29. The van der Waals surface area contributed by atoms with Crippen LogP contribution in [0.3, 0.4) is 0 Å². The van der Waals surface area contributed by atoms with Crippen LogP contribution < -0.4 is 11.3 Å². The van der Waals surface area contributed by atoms with Crippen molar-refractivity contribution >= 4 is 28.2 Å². The first-order chi connectivity index (χ1) is 6.31. The number of nitrogens with zero attached hydrogens (tertiary/aromatic N) is 1. The molecule has 4 heteroatoms. The number of anilines is 1. The maximum absolute atomic E-state index is 5.80. The maximum atomic E-state index is 5.80. The molecule has 0 bridgehead atoms. The van der Waals surface area contributed by atoms with Crippen molar-refractivity contribution in [1.82, 2.24) is 4.98 Å². The van der Waals surface area contributed by atoms with Crippen molar-refractivity contribution in [3.8, 4) is 0 Å². The van der Waals surface area contributed by atoms with E-state index < -0.39 is 0 Å². The van der Waals surface area contributed by atoms with Crippen molar-refractivity contribution in [1.29, 1.82) is 0 Å². The Morgan fingerprint density at radius 3 is 2.85 bits per heavy atom. The van der Waals surface area contributed by atoms with Crippen LogP contribution in [-0.2, 0) is 0 Å². The number of halogens is 1. The quantitative estimate of drug-likeness (QED) is 0.415. The lowest BCUT2D eigenvalue weighted by molar-refractivity contribution is 1.33. The first-order valence-electron chi connectivity index (χ1n) is 3.83. The zero-order valence-corrected chi connectivity index (χ0v) is 7.55. The Balaban J connectivity index is 2.81. The van der Waals surface area contributed by atoms with Gasteiger partial charge in [-0.25, -0.2) is 4.98 Å². The molecule has 3 nitrogen and oxygen atoms in total. The fraction of sp³-hybridized carbons (Fsp3) is 0. The molecule has 0 radical (unpaired) electrons. The van der Waals surface area contributed by atoms with Gasteiger partial charge >= 0.3 is 0 Å². The van der Waals surface area contributed by atoms with Gasteiger partial charge in [-0.1, -0.05) is 29.8 Å². The van der Waals surface area contributed by atoms with E-state index in [1.54, 1.807) is 6.07 Å². The van der Waals surface area contributed by atoms with Gasteiger partial charge in [-0.2, -0.15) is 0 Å². The Kier molecular flexibility index (Phi) is 2.04. The molecule has 0 spiro atoms. The van der Waals surface area contributed by atoms with Crippen molar-refractivity contribution < 1.29 is 0 Å². The number of nitrogens with one attached hydrogen (secondary N) is 1. The number of rotatable bonds is 1. The fourth-order valence-electron chi connectivity index (χ4n) is 1.26. The highest BCUT2D eigenvalue weighted by molar-refractivity contribution is 6.30. The Hall–Kier alpha value is -1.32. The van der Waals surface area contributed by atoms with Crippen LogP contribution >= 0.6 is 11.6 Å². The van der Waals surface area contributed by atoms with E-state index in [4.69, 9.17) is 17.4 Å². The van der Waals surface area contributed by atoms with Crippen LogP contribution in [0.25, 0.3) is 10.9 Å². The van der Waals surface area contributed by atoms with Gasteiger partial charge in [-0.05, 0) is 6.07 Å². The zero-order valence-electron chi connectivity index (χ0n) is 6.79. The first-order valence-corrected chi connectivity index (χ1v) is 4.21. The van der Waals surface area contributed by atoms with Gasteiger partial charge in [-0.15, -0.1) is 0 Å². The van der Waals surface area contributed by atoms with Gasteiger partial charge in [0.05, 0.1) is 11.2 Å². The second-order valence-corrected chi connectivity index (χ2v) is 3.04. The molecule has 0 aliphatic carbocycles. The molecule has 66 valence electrons. The summed E-state index contributed by atoms with van der Waals surface area (Å²) in [4.78, 5) is 4.15. The van der Waals surface area contributed by atoms with Crippen LogP contribution in [0.2, 0.25) is 5.15 Å². The van der Waals surface area contributed by atoms with Gasteiger partial charge in [0.2, 0.25) is 0 Å². The monoisotopic (exact) mass is 193 g/mol. The molecule has 0 saturated carbocycles. The lowest BCUT2D eigenvalue weighted by atomic mass is 10.2. The van der Waals surface area contributed by atoms with E-state index >= 15 is 0 Å². The average Bonchev–Trinajstić information content (AvgIpc) is 2.16. The number of pyridine rings is 1. The van der Waals surface area contributed by atoms with Crippen LogP contribution in [0.1, 0.15) is 0 Å². The summed E-state index contributed by atoms with van der Waals surface area (Å²) in [5, 5.41) is 1.40. The van der Waals surface area contributed by atoms with E-state index in [1.807, 2.05) is 24.3 Å². The summed E-state index contributed by atoms with van der Waals surface area (Å²) in [6.07, 6.45) is 0. The van der Waals surface area contributed by atoms with Crippen molar-refractivity contribution in [3.05, 3.63) is 35.5 Å². The molecule has 1 heterocycles. The van der Waals surface area contributed by atoms with Crippen molar-refractivity contribution in [2.75, 3.05) is 5.43 Å². The number of nitrogens with two attached hydrogens (primary N) is 1. The summed E-state index contributed by atoms with van der Waals surface area (Å²) in [6.45, 7) is 0. The molecular formula is C9H8ClN3. The van der Waals surface area contributed by atoms with E-state index in [9.17, 15) is 0 Å². The number of fused-ring (bicyclic) bond motifs is 1. The molecule has 2 rings (SSSR count). The number of para-hydroxylation sites is 1. The van der Waals surface area contributed by atoms with Gasteiger partial charge in [0.15, 0.2) is 0 Å². The molecule has 0 aliphatic rings. The van der Waals surface area contributed by atoms with E-state index in [-0.39, 0.29) is 0 Å². The minimum absolute atomic E-state index is 0.437. The summed E-state index contributed by atoms with van der Waals surface area (Å²) in [7, 11) is 0. The second kappa shape index (κ2) is 3.20. The fourth-order valence-corrected chi connectivity index (χ4v) is 1.46. The van der Waals surface area contributed by atoms with Crippen LogP contribution in [0, 0.1) is 0 Å². The molecule has 0 atom stereocenters. The number of nitrogen functional groups attached to an aromatic ring is 1. The summed E-state index contributed by atoms with van der Waals surface area (Å²) in [5.74, 6) is 5.35. The molecule has 2 aromatic rings. The lowest BCUT2D eigenvalue weighted by Gasteiger charge is -2.04. The van der Waals surface area contributed by atoms with Crippen LogP contribution in [0.4, 0.5) is 5.69 Å². The summed E-state index contributed by atoms with van der Waals surface area (Å²) in [6, 6.07) is 9.37. The van der Waals surface area contributed by atoms with E-state index in [2.05, 4.69) is 10.4 Å². The van der Waals surface area contributed by atoms with E-state index in [0.29, 0.717) is 5.15 Å². The molecule has 0 amide bonds. The molecular weight excluding hydrogens is 186 g/mol. The van der Waals surface area contributed by atoms with Crippen LogP contribution in [-0.4, -0.2) is 4.98 Å².